The summed E-state index contributed by atoms with van der Waals surface area (Å²) in [6.45, 7) is 9.75. The summed E-state index contributed by atoms with van der Waals surface area (Å²) in [5, 5.41) is 3.28. The van der Waals surface area contributed by atoms with Gasteiger partial charge in [-0.25, -0.2) is 4.98 Å². The Kier molecular flexibility index (Phi) is 2.95. The number of aromatic nitrogens is 2. The van der Waals surface area contributed by atoms with E-state index in [4.69, 9.17) is 0 Å². The van der Waals surface area contributed by atoms with Crippen LogP contribution in [0.2, 0.25) is 0 Å². The van der Waals surface area contributed by atoms with Gasteiger partial charge in [-0.05, 0) is 26.0 Å². The highest BCUT2D eigenvalue weighted by molar-refractivity contribution is 5.78. The van der Waals surface area contributed by atoms with Gasteiger partial charge in [0.2, 0.25) is 5.95 Å². The first-order valence-electron chi connectivity index (χ1n) is 5.56. The van der Waals surface area contributed by atoms with Crippen molar-refractivity contribution in [2.45, 2.75) is 20.4 Å². The average molecular weight is 215 g/mol. The minimum atomic E-state index is 0.808. The number of fused-ring (bicyclic) bond motifs is 1. The van der Waals surface area contributed by atoms with Gasteiger partial charge < -0.3 is 9.88 Å². The highest BCUT2D eigenvalue weighted by Crippen LogP contribution is 2.20. The van der Waals surface area contributed by atoms with Crippen molar-refractivity contribution in [1.82, 2.24) is 9.55 Å². The van der Waals surface area contributed by atoms with E-state index in [-0.39, 0.29) is 0 Å². The van der Waals surface area contributed by atoms with Gasteiger partial charge in [0.15, 0.2) is 0 Å². The van der Waals surface area contributed by atoms with Crippen molar-refractivity contribution in [3.63, 3.8) is 0 Å². The maximum atomic E-state index is 4.57. The molecule has 0 amide bonds. The number of nitrogens with one attached hydrogen (secondary N) is 1. The van der Waals surface area contributed by atoms with Gasteiger partial charge in [0.25, 0.3) is 0 Å². The van der Waals surface area contributed by atoms with Crippen molar-refractivity contribution in [2.75, 3.05) is 11.9 Å². The largest absolute Gasteiger partial charge is 0.356 e. The lowest BCUT2D eigenvalue weighted by Crippen LogP contribution is -2.07. The number of allylic oxidation sites excluding steroid dienone is 1. The zero-order chi connectivity index (χ0) is 11.5. The number of rotatable bonds is 4. The third-order valence-electron chi connectivity index (χ3n) is 2.42. The average Bonchev–Trinajstić information content (AvgIpc) is 2.57. The van der Waals surface area contributed by atoms with E-state index in [1.165, 1.54) is 0 Å². The Labute approximate surface area is 95.8 Å². The second kappa shape index (κ2) is 4.39. The molecule has 3 heteroatoms. The maximum absolute atomic E-state index is 4.57. The molecule has 0 saturated heterocycles. The summed E-state index contributed by atoms with van der Waals surface area (Å²) in [7, 11) is 0. The lowest BCUT2D eigenvalue weighted by Gasteiger charge is -2.09. The summed E-state index contributed by atoms with van der Waals surface area (Å²) in [5.74, 6) is 0.923. The van der Waals surface area contributed by atoms with Crippen LogP contribution in [-0.2, 0) is 6.54 Å². The smallest absolute Gasteiger partial charge is 0.204 e. The molecule has 1 aromatic carbocycles. The number of anilines is 1. The van der Waals surface area contributed by atoms with E-state index >= 15 is 0 Å². The van der Waals surface area contributed by atoms with Crippen molar-refractivity contribution < 1.29 is 0 Å². The van der Waals surface area contributed by atoms with Crippen LogP contribution in [0.25, 0.3) is 11.0 Å². The van der Waals surface area contributed by atoms with Crippen molar-refractivity contribution in [1.29, 1.82) is 0 Å². The fourth-order valence-corrected chi connectivity index (χ4v) is 1.80. The summed E-state index contributed by atoms with van der Waals surface area (Å²) in [6, 6.07) is 8.17. The van der Waals surface area contributed by atoms with Gasteiger partial charge in [-0.2, -0.15) is 0 Å². The normalized spacial score (nSPS) is 10.6. The van der Waals surface area contributed by atoms with E-state index in [0.717, 1.165) is 35.6 Å². The quantitative estimate of drug-likeness (QED) is 0.794. The Balaban J connectivity index is 2.54. The Bertz CT molecular complexity index is 511. The molecule has 0 aliphatic heterocycles. The molecule has 3 nitrogen and oxygen atoms in total. The second-order valence-corrected chi connectivity index (χ2v) is 4.00. The fraction of sp³-hybridized carbons (Fsp3) is 0.308. The van der Waals surface area contributed by atoms with E-state index in [0.29, 0.717) is 0 Å². The Morgan fingerprint density at radius 3 is 2.88 bits per heavy atom. The molecular formula is C13H17N3. The van der Waals surface area contributed by atoms with Crippen LogP contribution in [0.4, 0.5) is 5.95 Å². The summed E-state index contributed by atoms with van der Waals surface area (Å²) >= 11 is 0. The summed E-state index contributed by atoms with van der Waals surface area (Å²) in [4.78, 5) is 4.57. The number of hydrogen-bond donors (Lipinski definition) is 1. The molecule has 16 heavy (non-hydrogen) atoms. The first-order chi connectivity index (χ1) is 7.72. The van der Waals surface area contributed by atoms with Crippen LogP contribution >= 0.6 is 0 Å². The van der Waals surface area contributed by atoms with E-state index in [1.54, 1.807) is 0 Å². The second-order valence-electron chi connectivity index (χ2n) is 4.00. The standard InChI is InChI=1S/C13H17N3/c1-4-14-13-15-11-7-5-6-8-12(11)16(13)9-10(2)3/h5-8H,2,4,9H2,1,3H3,(H,14,15). The summed E-state index contributed by atoms with van der Waals surface area (Å²) < 4.78 is 2.17. The minimum absolute atomic E-state index is 0.808. The van der Waals surface area contributed by atoms with Gasteiger partial charge in [0.1, 0.15) is 0 Å². The van der Waals surface area contributed by atoms with E-state index in [2.05, 4.69) is 34.4 Å². The van der Waals surface area contributed by atoms with Gasteiger partial charge >= 0.3 is 0 Å². The number of imidazole rings is 1. The number of benzene rings is 1. The van der Waals surface area contributed by atoms with Crippen LogP contribution < -0.4 is 5.32 Å². The third kappa shape index (κ3) is 1.94. The number of nitrogens with zero attached hydrogens (tertiary/aromatic N) is 2. The molecule has 0 radical (unpaired) electrons. The molecule has 0 unspecified atom stereocenters. The molecule has 0 bridgehead atoms. The topological polar surface area (TPSA) is 29.9 Å². The van der Waals surface area contributed by atoms with Crippen molar-refractivity contribution in [3.05, 3.63) is 36.4 Å². The molecule has 84 valence electrons. The van der Waals surface area contributed by atoms with Crippen molar-refractivity contribution in [3.8, 4) is 0 Å². The van der Waals surface area contributed by atoms with E-state index in [1.807, 2.05) is 25.1 Å². The molecule has 2 rings (SSSR count). The molecule has 1 heterocycles. The molecule has 2 aromatic rings. The van der Waals surface area contributed by atoms with Crippen LogP contribution in [0.5, 0.6) is 0 Å². The van der Waals surface area contributed by atoms with Gasteiger partial charge in [-0.1, -0.05) is 24.3 Å². The molecule has 0 spiro atoms. The van der Waals surface area contributed by atoms with Crippen LogP contribution in [0, 0.1) is 0 Å². The predicted octanol–water partition coefficient (Wildman–Crippen LogP) is 3.04. The Hall–Kier alpha value is -1.77. The third-order valence-corrected chi connectivity index (χ3v) is 2.42. The first kappa shape index (κ1) is 10.7. The van der Waals surface area contributed by atoms with Gasteiger partial charge in [0.05, 0.1) is 11.0 Å². The van der Waals surface area contributed by atoms with Crippen molar-refractivity contribution >= 4 is 17.0 Å². The van der Waals surface area contributed by atoms with Gasteiger partial charge in [-0.15, -0.1) is 0 Å². The lowest BCUT2D eigenvalue weighted by molar-refractivity contribution is 0.813. The molecule has 0 aliphatic carbocycles. The molecular weight excluding hydrogens is 198 g/mol. The monoisotopic (exact) mass is 215 g/mol. The van der Waals surface area contributed by atoms with Gasteiger partial charge in [-0.3, -0.25) is 0 Å². The number of hydrogen-bond acceptors (Lipinski definition) is 2. The van der Waals surface area contributed by atoms with E-state index in [9.17, 15) is 0 Å². The summed E-state index contributed by atoms with van der Waals surface area (Å²) in [5.41, 5.74) is 3.31. The van der Waals surface area contributed by atoms with Crippen LogP contribution in [0.3, 0.4) is 0 Å². The molecule has 1 aromatic heterocycles. The predicted molar refractivity (Wildman–Crippen MR) is 68.7 cm³/mol. The summed E-state index contributed by atoms with van der Waals surface area (Å²) in [6.07, 6.45) is 0. The molecule has 0 atom stereocenters. The molecule has 0 fully saturated rings. The Morgan fingerprint density at radius 1 is 1.44 bits per heavy atom. The lowest BCUT2D eigenvalue weighted by atomic mass is 10.3. The van der Waals surface area contributed by atoms with Crippen LogP contribution in [-0.4, -0.2) is 16.1 Å². The minimum Gasteiger partial charge on any atom is -0.356 e. The molecule has 0 saturated carbocycles. The van der Waals surface area contributed by atoms with Crippen molar-refractivity contribution in [2.24, 2.45) is 0 Å². The SMILES string of the molecule is C=C(C)Cn1c(NCC)nc2ccccc21. The molecule has 1 N–H and O–H groups in total. The fourth-order valence-electron chi connectivity index (χ4n) is 1.80. The van der Waals surface area contributed by atoms with E-state index < -0.39 is 0 Å². The van der Waals surface area contributed by atoms with Gasteiger partial charge in [0, 0.05) is 13.1 Å². The zero-order valence-electron chi connectivity index (χ0n) is 9.83. The Morgan fingerprint density at radius 2 is 2.19 bits per heavy atom. The molecule has 0 aliphatic rings. The highest BCUT2D eigenvalue weighted by atomic mass is 15.2. The highest BCUT2D eigenvalue weighted by Gasteiger charge is 2.08. The number of para-hydroxylation sites is 2. The zero-order valence-corrected chi connectivity index (χ0v) is 9.83. The van der Waals surface area contributed by atoms with Crippen LogP contribution in [0.1, 0.15) is 13.8 Å². The first-order valence-corrected chi connectivity index (χ1v) is 5.56. The van der Waals surface area contributed by atoms with Crippen LogP contribution in [0.15, 0.2) is 36.4 Å². The maximum Gasteiger partial charge on any atom is 0.204 e.